The second kappa shape index (κ2) is 54.3. The number of aromatic amines is 1. The summed E-state index contributed by atoms with van der Waals surface area (Å²) >= 11 is 8.21. The first-order valence-electron chi connectivity index (χ1n) is 42.3. The van der Waals surface area contributed by atoms with Crippen LogP contribution in [0.4, 0.5) is 0 Å². The van der Waals surface area contributed by atoms with E-state index >= 15 is 4.79 Å². The molecule has 40 heteroatoms. The number of nitrogens with one attached hydrogen (secondary N) is 14. The molecule has 13 atom stereocenters. The number of nitrogens with two attached hydrogens (primary N) is 4. The maximum absolute atomic E-state index is 15.1. The minimum absolute atomic E-state index is 0.00257. The summed E-state index contributed by atoms with van der Waals surface area (Å²) in [5.41, 5.74) is 24.9. The lowest BCUT2D eigenvalue weighted by Gasteiger charge is -2.31. The maximum Gasteiger partial charge on any atom is 0.246 e. The van der Waals surface area contributed by atoms with Crippen LogP contribution in [-0.4, -0.2) is 267 Å². The average Bonchev–Trinajstić information content (AvgIpc) is 1.66. The number of thiol groups is 2. The number of hydrogen-bond donors (Lipinski definition) is 20. The Morgan fingerprint density at radius 2 is 1.06 bits per heavy atom. The van der Waals surface area contributed by atoms with Gasteiger partial charge in [0.1, 0.15) is 73.1 Å². The first-order chi connectivity index (χ1) is 56.9. The highest BCUT2D eigenvalue weighted by molar-refractivity contribution is 7.89. The van der Waals surface area contributed by atoms with E-state index in [0.29, 0.717) is 69.8 Å². The second-order valence-electron chi connectivity index (χ2n) is 32.5. The van der Waals surface area contributed by atoms with Gasteiger partial charge in [0.05, 0.1) is 31.0 Å². The molecule has 2 aliphatic heterocycles. The molecule has 1 aromatic heterocycles. The predicted molar refractivity (Wildman–Crippen MR) is 463 cm³/mol. The number of amides is 14. The number of para-hydroxylation sites is 1. The van der Waals surface area contributed by atoms with Crippen LogP contribution >= 0.6 is 25.3 Å². The summed E-state index contributed by atoms with van der Waals surface area (Å²) in [5, 5.41) is 36.1. The predicted octanol–water partition coefficient (Wildman–Crippen LogP) is -1.49. The molecule has 3 heterocycles. The third-order valence-electron chi connectivity index (χ3n) is 20.7. The van der Waals surface area contributed by atoms with E-state index < -0.39 is 215 Å². The van der Waals surface area contributed by atoms with Gasteiger partial charge in [-0.25, -0.2) is 8.42 Å². The number of rotatable bonds is 33. The van der Waals surface area contributed by atoms with Crippen molar-refractivity contribution in [1.29, 1.82) is 0 Å². The maximum atomic E-state index is 15.1. The molecule has 2 saturated heterocycles. The fraction of sp³-hybridized carbons (Fsp3) is 0.725. The Morgan fingerprint density at radius 1 is 0.567 bits per heavy atom. The largest absolute Gasteiger partial charge is 0.370 e. The quantitative estimate of drug-likeness (QED) is 0.0286. The third-order valence-corrected chi connectivity index (χ3v) is 23.4. The molecule has 0 radical (unpaired) electrons. The number of aromatic nitrogens is 1. The molecule has 2 aromatic rings. The molecule has 4 rings (SSSR count). The number of fused-ring (bicyclic) bond motifs is 2. The number of carbonyl (C=O) groups is 14. The van der Waals surface area contributed by atoms with Crippen LogP contribution in [0.1, 0.15) is 184 Å². The number of nitrogens with zero attached hydrogens (tertiary/aromatic N) is 2. The van der Waals surface area contributed by atoms with Crippen molar-refractivity contribution >= 4 is 129 Å². The highest BCUT2D eigenvalue weighted by Crippen LogP contribution is 2.24. The van der Waals surface area contributed by atoms with Crippen LogP contribution in [0.3, 0.4) is 0 Å². The number of H-pyrrole nitrogens is 1. The highest BCUT2D eigenvalue weighted by Gasteiger charge is 2.40. The Morgan fingerprint density at radius 3 is 1.59 bits per heavy atom. The van der Waals surface area contributed by atoms with E-state index in [-0.39, 0.29) is 114 Å². The molecule has 12 unspecified atom stereocenters. The molecule has 14 amide bonds. The summed E-state index contributed by atoms with van der Waals surface area (Å²) in [6, 6.07) is -8.41. The Labute approximate surface area is 717 Å². The van der Waals surface area contributed by atoms with Crippen molar-refractivity contribution in [3.63, 3.8) is 0 Å². The van der Waals surface area contributed by atoms with Crippen LogP contribution in [0.15, 0.2) is 30.5 Å². The van der Waals surface area contributed by atoms with E-state index in [1.165, 1.54) is 6.92 Å². The van der Waals surface area contributed by atoms with Crippen molar-refractivity contribution in [3.05, 3.63) is 36.0 Å². The van der Waals surface area contributed by atoms with Crippen molar-refractivity contribution in [2.45, 2.75) is 263 Å². The number of hydrogen-bond acceptors (Lipinski definition) is 23. The van der Waals surface area contributed by atoms with Crippen molar-refractivity contribution in [3.8, 4) is 0 Å². The number of carbonyl (C=O) groups excluding carboxylic acids is 14. The van der Waals surface area contributed by atoms with Crippen molar-refractivity contribution in [2.24, 2.45) is 46.6 Å². The smallest absolute Gasteiger partial charge is 0.246 e. The Balaban J connectivity index is 1.83. The molecule has 120 heavy (non-hydrogen) atoms. The van der Waals surface area contributed by atoms with Gasteiger partial charge < -0.3 is 107 Å². The highest BCUT2D eigenvalue weighted by atomic mass is 32.2. The van der Waals surface area contributed by atoms with E-state index in [1.54, 1.807) is 52.6 Å². The van der Waals surface area contributed by atoms with Gasteiger partial charge in [0.15, 0.2) is 0 Å². The SMILES string of the molecule is CCCCC1NC(=O)CN(S(=O)(=O)CCCNC(=O)C(CS)NC(=O)C(N)CS)CCNC(=O)C(CCCCN)NC(=O)C(CC(C)C)NC(=O)C(CCCCN)NC(=O)C(CC(C)C)NC(=O)C(CCCCN)NC(=O)COCC2CCCN2C(=O)C(Cc2c[nH]c3ccccc23)NC(=O)[C@H](C)NC(=O)C(C(C)C)NC(=O)C(C(C)C)NC1=O. The standard InChI is InChI=1S/C80H138N20O17S3/c1-11-12-25-58-75(109)97-68(50(8)9)79(113)98-67(49(6)7)78(112)88-51(10)69(103)95-63(40-52-41-87-56-26-14-13-24-54(52)56)80(114)100-35-21-23-53(100)43-117-44-66(102)90-59(28-16-19-31-82)73(107)93-62(39-48(4)5)77(111)92-60(29-17-20-32-83)74(108)94-61(38-47(2)3)76(110)91-57(27-15-18-30-81)71(105)86-34-36-99(42-65(101)89-58)120(115,116)37-22-33-85-72(106)64(46-119)96-70(104)55(84)45-118/h13-14,24,26,41,47-51,53,55,57-64,67-68,87,118-119H,11-12,15-23,25,27-40,42-46,81-84H2,1-10H3,(H,85,106)(H,86,105)(H,88,112)(H,89,101)(H,90,102)(H,91,110)(H,92,111)(H,93,107)(H,94,108)(H,95,103)(H,96,104)(H,97,109)(H,98,113)/t51-,53?,55?,57?,58?,59?,60?,61?,62?,63?,64?,67?,68?/m0/s1. The zero-order valence-electron chi connectivity index (χ0n) is 71.6. The number of benzene rings is 1. The molecule has 0 bridgehead atoms. The van der Waals surface area contributed by atoms with Crippen molar-refractivity contribution in [2.75, 3.05) is 82.8 Å². The van der Waals surface area contributed by atoms with Crippen LogP contribution < -0.4 is 92.1 Å². The Hall–Kier alpha value is -8.25. The summed E-state index contributed by atoms with van der Waals surface area (Å²) in [5.74, 6) is -13.2. The molecular weight excluding hydrogens is 1610 g/mol. The molecular formula is C80H138N20O17S3. The topological polar surface area (TPSA) is 565 Å². The molecule has 0 saturated carbocycles. The summed E-state index contributed by atoms with van der Waals surface area (Å²) in [4.78, 5) is 205. The summed E-state index contributed by atoms with van der Waals surface area (Å²) in [7, 11) is -4.56. The minimum Gasteiger partial charge on any atom is -0.370 e. The molecule has 0 spiro atoms. The van der Waals surface area contributed by atoms with Crippen LogP contribution in [-0.2, 0) is 88.3 Å². The van der Waals surface area contributed by atoms with Crippen LogP contribution in [0.25, 0.3) is 10.9 Å². The molecule has 2 fully saturated rings. The van der Waals surface area contributed by atoms with Crippen LogP contribution in [0.5, 0.6) is 0 Å². The monoisotopic (exact) mass is 1750 g/mol. The molecule has 1 aromatic carbocycles. The number of sulfonamides is 1. The number of unbranched alkanes of at least 4 members (excludes halogenated alkanes) is 4. The molecule has 2 aliphatic rings. The van der Waals surface area contributed by atoms with Gasteiger partial charge in [-0.2, -0.15) is 29.6 Å². The average molecular weight is 1750 g/mol. The van der Waals surface area contributed by atoms with Gasteiger partial charge in [0.25, 0.3) is 0 Å². The fourth-order valence-corrected chi connectivity index (χ4v) is 15.7. The zero-order valence-corrected chi connectivity index (χ0v) is 74.2. The van der Waals surface area contributed by atoms with E-state index in [0.717, 1.165) is 15.2 Å². The lowest BCUT2D eigenvalue weighted by atomic mass is 9.98. The normalized spacial score (nSPS) is 24.0. The number of ether oxygens (including phenoxy) is 1. The minimum atomic E-state index is -4.56. The first-order valence-corrected chi connectivity index (χ1v) is 45.2. The van der Waals surface area contributed by atoms with E-state index in [1.807, 2.05) is 45.0 Å². The zero-order chi connectivity index (χ0) is 89.3. The van der Waals surface area contributed by atoms with Gasteiger partial charge in [0.2, 0.25) is 92.7 Å². The second-order valence-corrected chi connectivity index (χ2v) is 35.3. The lowest BCUT2D eigenvalue weighted by Crippen LogP contribution is -2.61. The van der Waals surface area contributed by atoms with Gasteiger partial charge in [-0.3, -0.25) is 67.1 Å². The molecule has 678 valence electrons. The summed E-state index contributed by atoms with van der Waals surface area (Å²) in [6.07, 6.45) is 5.93. The third kappa shape index (κ3) is 35.7. The van der Waals surface area contributed by atoms with Gasteiger partial charge in [0, 0.05) is 61.2 Å². The van der Waals surface area contributed by atoms with Gasteiger partial charge >= 0.3 is 0 Å². The first kappa shape index (κ1) is 104. The van der Waals surface area contributed by atoms with E-state index in [2.05, 4.69) is 99.4 Å². The van der Waals surface area contributed by atoms with Crippen LogP contribution in [0, 0.1) is 23.7 Å². The fourth-order valence-electron chi connectivity index (χ4n) is 13.9. The molecule has 0 aliphatic carbocycles. The van der Waals surface area contributed by atoms with Crippen molar-refractivity contribution in [1.82, 2.24) is 83.3 Å². The molecule has 37 nitrogen and oxygen atoms in total. The van der Waals surface area contributed by atoms with Crippen LogP contribution in [0.2, 0.25) is 0 Å². The van der Waals surface area contributed by atoms with Gasteiger partial charge in [-0.05, 0) is 158 Å². The van der Waals surface area contributed by atoms with E-state index in [9.17, 15) is 70.7 Å². The Bertz CT molecular complexity index is 3780. The Kier molecular flexibility index (Phi) is 47.1. The van der Waals surface area contributed by atoms with Gasteiger partial charge in [-0.15, -0.1) is 0 Å². The summed E-state index contributed by atoms with van der Waals surface area (Å²) < 4.78 is 36.0. The van der Waals surface area contributed by atoms with Crippen molar-refractivity contribution < 1.29 is 80.3 Å². The summed E-state index contributed by atoms with van der Waals surface area (Å²) in [6.45, 7) is 15.1. The van der Waals surface area contributed by atoms with Gasteiger partial charge in [-0.1, -0.05) is 93.4 Å². The lowest BCUT2D eigenvalue weighted by molar-refractivity contribution is -0.139. The van der Waals surface area contributed by atoms with E-state index in [4.69, 9.17) is 27.7 Å². The molecule has 22 N–H and O–H groups in total.